The molecule has 2 aliphatic heterocycles. The molecule has 2 atom stereocenters. The highest BCUT2D eigenvalue weighted by Crippen LogP contribution is 2.31. The normalized spacial score (nSPS) is 19.6. The molecule has 0 radical (unpaired) electrons. The van der Waals surface area contributed by atoms with E-state index < -0.39 is 17.9 Å². The van der Waals surface area contributed by atoms with Gasteiger partial charge < -0.3 is 4.74 Å². The van der Waals surface area contributed by atoms with Gasteiger partial charge in [0, 0.05) is 5.02 Å². The number of hydrogen-bond acceptors (Lipinski definition) is 7. The average Bonchev–Trinajstić information content (AvgIpc) is 3.34. The van der Waals surface area contributed by atoms with E-state index in [1.54, 1.807) is 63.2 Å². The first kappa shape index (κ1) is 24.9. The maximum Gasteiger partial charge on any atom is 0.338 e. The van der Waals surface area contributed by atoms with E-state index in [-0.39, 0.29) is 23.6 Å². The molecule has 3 aromatic rings. The van der Waals surface area contributed by atoms with Crippen LogP contribution in [0.25, 0.3) is 6.08 Å². The van der Waals surface area contributed by atoms with Gasteiger partial charge in [-0.1, -0.05) is 53.3 Å². The number of hydrogen-bond donors (Lipinski definition) is 0. The number of benzene rings is 2. The van der Waals surface area contributed by atoms with E-state index in [9.17, 15) is 14.4 Å². The highest BCUT2D eigenvalue weighted by Gasteiger charge is 2.35. The Hall–Kier alpha value is -3.82. The van der Waals surface area contributed by atoms with Crippen molar-refractivity contribution >= 4 is 52.3 Å². The number of ether oxygens (including phenoxy) is 1. The molecule has 0 saturated heterocycles. The van der Waals surface area contributed by atoms with Gasteiger partial charge in [0.15, 0.2) is 4.80 Å². The zero-order valence-corrected chi connectivity index (χ0v) is 21.9. The van der Waals surface area contributed by atoms with E-state index in [4.69, 9.17) is 16.3 Å². The van der Waals surface area contributed by atoms with Gasteiger partial charge in [-0.15, -0.1) is 0 Å². The van der Waals surface area contributed by atoms with Gasteiger partial charge in [0.2, 0.25) is 0 Å². The largest absolute Gasteiger partial charge is 0.463 e. The Bertz CT molecular complexity index is 1640. The van der Waals surface area contributed by atoms with Crippen LogP contribution in [0, 0.1) is 5.92 Å². The SMILES string of the molecule is CCOC(=O)C1=C(C)N=c2s/c(=C/[C@@H]3C(=O)N(c4ccccc4)N=C3C)c(=O)n2[C@H]1c1ccc(Cl)cc1. The summed E-state index contributed by atoms with van der Waals surface area (Å²) in [4.78, 5) is 45.0. The highest BCUT2D eigenvalue weighted by molar-refractivity contribution is 7.07. The van der Waals surface area contributed by atoms with Gasteiger partial charge >= 0.3 is 5.97 Å². The molecule has 3 heterocycles. The van der Waals surface area contributed by atoms with Gasteiger partial charge in [0.1, 0.15) is 5.92 Å². The van der Waals surface area contributed by atoms with Crippen molar-refractivity contribution in [3.8, 4) is 0 Å². The van der Waals surface area contributed by atoms with Crippen LogP contribution in [0.5, 0.6) is 0 Å². The second-order valence-corrected chi connectivity index (χ2v) is 10.0. The molecule has 2 aliphatic rings. The first-order chi connectivity index (χ1) is 17.8. The molecule has 10 heteroatoms. The summed E-state index contributed by atoms with van der Waals surface area (Å²) in [6, 6.07) is 15.4. The molecule has 37 heavy (non-hydrogen) atoms. The van der Waals surface area contributed by atoms with Crippen LogP contribution < -0.4 is 19.9 Å². The Labute approximate surface area is 221 Å². The Morgan fingerprint density at radius 2 is 1.81 bits per heavy atom. The highest BCUT2D eigenvalue weighted by atomic mass is 35.5. The molecule has 0 bridgehead atoms. The molecule has 0 saturated carbocycles. The molecular formula is C27H23ClN4O4S. The molecule has 188 valence electrons. The third kappa shape index (κ3) is 4.45. The predicted molar refractivity (Wildman–Crippen MR) is 143 cm³/mol. The minimum atomic E-state index is -0.746. The zero-order valence-electron chi connectivity index (χ0n) is 20.3. The summed E-state index contributed by atoms with van der Waals surface area (Å²) in [5.74, 6) is -1.47. The Kier molecular flexibility index (Phi) is 6.66. The number of esters is 1. The molecule has 8 nitrogen and oxygen atoms in total. The summed E-state index contributed by atoms with van der Waals surface area (Å²) >= 11 is 7.27. The number of carbonyl (C=O) groups excluding carboxylic acids is 2. The number of halogens is 1. The van der Waals surface area contributed by atoms with Crippen molar-refractivity contribution in [2.24, 2.45) is 16.0 Å². The molecule has 1 aromatic heterocycles. The topological polar surface area (TPSA) is 93.3 Å². The number of rotatable bonds is 5. The minimum Gasteiger partial charge on any atom is -0.463 e. The lowest BCUT2D eigenvalue weighted by molar-refractivity contribution is -0.139. The number of hydrazone groups is 1. The van der Waals surface area contributed by atoms with Crippen molar-refractivity contribution < 1.29 is 14.3 Å². The molecule has 2 aromatic carbocycles. The standard InChI is InChI=1S/C27H23ClN4O4S/c1-4-36-26(35)22-16(3)29-27-31(23(22)17-10-12-18(28)13-11-17)25(34)21(37-27)14-20-15(2)30-32(24(20)33)19-8-6-5-7-9-19/h5-14,20,23H,4H2,1-3H3/b21-14+/t20-,23-/m0/s1. The lowest BCUT2D eigenvalue weighted by Gasteiger charge is -2.24. The fourth-order valence-electron chi connectivity index (χ4n) is 4.44. The summed E-state index contributed by atoms with van der Waals surface area (Å²) in [7, 11) is 0. The number of carbonyl (C=O) groups is 2. The maximum absolute atomic E-state index is 13.8. The quantitative estimate of drug-likeness (QED) is 0.469. The van der Waals surface area contributed by atoms with Crippen molar-refractivity contribution in [1.82, 2.24) is 4.57 Å². The van der Waals surface area contributed by atoms with Crippen LogP contribution in [0.2, 0.25) is 5.02 Å². The van der Waals surface area contributed by atoms with Crippen molar-refractivity contribution in [2.45, 2.75) is 26.8 Å². The van der Waals surface area contributed by atoms with E-state index in [1.807, 2.05) is 18.2 Å². The van der Waals surface area contributed by atoms with Gasteiger partial charge in [-0.2, -0.15) is 10.1 Å². The van der Waals surface area contributed by atoms with Crippen LogP contribution in [-0.4, -0.2) is 28.8 Å². The van der Waals surface area contributed by atoms with Crippen molar-refractivity contribution in [1.29, 1.82) is 0 Å². The minimum absolute atomic E-state index is 0.188. The zero-order chi connectivity index (χ0) is 26.3. The number of allylic oxidation sites excluding steroid dienone is 1. The maximum atomic E-state index is 13.8. The molecule has 1 amide bonds. The second-order valence-electron chi connectivity index (χ2n) is 8.58. The Morgan fingerprint density at radius 3 is 2.49 bits per heavy atom. The number of fused-ring (bicyclic) bond motifs is 1. The van der Waals surface area contributed by atoms with Crippen molar-refractivity contribution in [2.75, 3.05) is 11.6 Å². The fourth-order valence-corrected chi connectivity index (χ4v) is 5.62. The lowest BCUT2D eigenvalue weighted by Crippen LogP contribution is -2.40. The number of thiazole rings is 1. The molecule has 0 spiro atoms. The number of aromatic nitrogens is 1. The van der Waals surface area contributed by atoms with Gasteiger partial charge in [0.05, 0.1) is 39.9 Å². The molecule has 0 fully saturated rings. The van der Waals surface area contributed by atoms with Crippen LogP contribution in [0.4, 0.5) is 5.69 Å². The van der Waals surface area contributed by atoms with Crippen LogP contribution in [0.1, 0.15) is 32.4 Å². The Balaban J connectivity index is 1.63. The summed E-state index contributed by atoms with van der Waals surface area (Å²) in [5, 5.41) is 6.32. The third-order valence-electron chi connectivity index (χ3n) is 6.20. The number of amides is 1. The second kappa shape index (κ2) is 9.91. The van der Waals surface area contributed by atoms with Crippen molar-refractivity contribution in [3.63, 3.8) is 0 Å². The monoisotopic (exact) mass is 534 g/mol. The van der Waals surface area contributed by atoms with E-state index in [0.29, 0.717) is 37.0 Å². The number of anilines is 1. The van der Waals surface area contributed by atoms with Gasteiger partial charge in [-0.25, -0.2) is 9.79 Å². The third-order valence-corrected chi connectivity index (χ3v) is 7.46. The summed E-state index contributed by atoms with van der Waals surface area (Å²) in [5.41, 5.74) is 2.33. The summed E-state index contributed by atoms with van der Waals surface area (Å²) < 4.78 is 7.14. The number of para-hydroxylation sites is 1. The van der Waals surface area contributed by atoms with Crippen LogP contribution >= 0.6 is 22.9 Å². The lowest BCUT2D eigenvalue weighted by atomic mass is 9.96. The van der Waals surface area contributed by atoms with E-state index in [2.05, 4.69) is 10.1 Å². The summed E-state index contributed by atoms with van der Waals surface area (Å²) in [6.45, 7) is 5.40. The van der Waals surface area contributed by atoms with Crippen LogP contribution in [0.15, 0.2) is 80.8 Å². The molecule has 5 rings (SSSR count). The van der Waals surface area contributed by atoms with Gasteiger partial charge in [0.25, 0.3) is 11.5 Å². The smallest absolute Gasteiger partial charge is 0.338 e. The van der Waals surface area contributed by atoms with E-state index in [0.717, 1.165) is 0 Å². The van der Waals surface area contributed by atoms with E-state index in [1.165, 1.54) is 20.9 Å². The van der Waals surface area contributed by atoms with Crippen molar-refractivity contribution in [3.05, 3.63) is 96.1 Å². The number of nitrogens with zero attached hydrogens (tertiary/aromatic N) is 4. The fraction of sp³-hybridized carbons (Fsp3) is 0.222. The molecule has 0 N–H and O–H groups in total. The van der Waals surface area contributed by atoms with Crippen LogP contribution in [-0.2, 0) is 14.3 Å². The molecule has 0 unspecified atom stereocenters. The first-order valence-electron chi connectivity index (χ1n) is 11.7. The predicted octanol–water partition coefficient (Wildman–Crippen LogP) is 3.44. The van der Waals surface area contributed by atoms with Gasteiger partial charge in [-0.05, 0) is 56.7 Å². The first-order valence-corrected chi connectivity index (χ1v) is 12.9. The Morgan fingerprint density at radius 1 is 1.11 bits per heavy atom. The molecular weight excluding hydrogens is 512 g/mol. The summed E-state index contributed by atoms with van der Waals surface area (Å²) in [6.07, 6.45) is 1.64. The molecule has 0 aliphatic carbocycles. The van der Waals surface area contributed by atoms with Gasteiger partial charge in [-0.3, -0.25) is 14.2 Å². The van der Waals surface area contributed by atoms with Crippen LogP contribution in [0.3, 0.4) is 0 Å². The van der Waals surface area contributed by atoms with E-state index >= 15 is 0 Å². The average molecular weight is 535 g/mol.